The summed E-state index contributed by atoms with van der Waals surface area (Å²) in [4.78, 5) is 7.98. The number of aryl methyl sites for hydroxylation is 1. The van der Waals surface area contributed by atoms with Gasteiger partial charge >= 0.3 is 0 Å². The van der Waals surface area contributed by atoms with Crippen molar-refractivity contribution in [2.24, 2.45) is 5.92 Å². The molecule has 0 N–H and O–H groups in total. The van der Waals surface area contributed by atoms with E-state index in [9.17, 15) is 8.42 Å². The Hall–Kier alpha value is -0.540. The van der Waals surface area contributed by atoms with Gasteiger partial charge in [0.05, 0.1) is 29.2 Å². The van der Waals surface area contributed by atoms with E-state index in [0.29, 0.717) is 19.7 Å². The second-order valence-corrected chi connectivity index (χ2v) is 9.98. The van der Waals surface area contributed by atoms with E-state index in [-0.39, 0.29) is 17.3 Å². The van der Waals surface area contributed by atoms with Gasteiger partial charge in [-0.2, -0.15) is 4.31 Å². The summed E-state index contributed by atoms with van der Waals surface area (Å²) < 4.78 is 32.7. The van der Waals surface area contributed by atoms with Crippen LogP contribution in [0.25, 0.3) is 0 Å². The summed E-state index contributed by atoms with van der Waals surface area (Å²) in [6, 6.07) is 0. The number of aromatic nitrogens is 1. The van der Waals surface area contributed by atoms with Crippen molar-refractivity contribution in [2.75, 3.05) is 32.8 Å². The number of likely N-dealkylation sites (tertiary alicyclic amines) is 1. The third kappa shape index (κ3) is 3.19. The predicted octanol–water partition coefficient (Wildman–Crippen LogP) is 1.08. The van der Waals surface area contributed by atoms with Gasteiger partial charge in [0.1, 0.15) is 0 Å². The normalized spacial score (nSPS) is 30.3. The SMILES string of the molecule is Cc1ncsc1CN1C[C@@H]2CN(S(=O)(=O)C3CC3)CCO[C@@H]2C1. The predicted molar refractivity (Wildman–Crippen MR) is 88.9 cm³/mol. The zero-order chi connectivity index (χ0) is 16.0. The molecule has 1 aromatic rings. The Morgan fingerprint density at radius 1 is 1.35 bits per heavy atom. The highest BCUT2D eigenvalue weighted by molar-refractivity contribution is 7.90. The van der Waals surface area contributed by atoms with Gasteiger partial charge in [-0.3, -0.25) is 4.90 Å². The van der Waals surface area contributed by atoms with Crippen LogP contribution in [0.4, 0.5) is 0 Å². The van der Waals surface area contributed by atoms with Gasteiger partial charge in [0.25, 0.3) is 0 Å². The van der Waals surface area contributed by atoms with Gasteiger partial charge in [-0.1, -0.05) is 0 Å². The van der Waals surface area contributed by atoms with E-state index in [4.69, 9.17) is 4.74 Å². The third-order valence-electron chi connectivity index (χ3n) is 5.08. The molecule has 0 unspecified atom stereocenters. The van der Waals surface area contributed by atoms with Gasteiger partial charge in [-0.25, -0.2) is 13.4 Å². The molecule has 3 fully saturated rings. The molecule has 0 spiro atoms. The topological polar surface area (TPSA) is 62.7 Å². The molecule has 128 valence electrons. The van der Waals surface area contributed by atoms with E-state index in [1.165, 1.54) is 4.88 Å². The van der Waals surface area contributed by atoms with E-state index in [0.717, 1.165) is 38.2 Å². The maximum atomic E-state index is 12.5. The van der Waals surface area contributed by atoms with Crippen molar-refractivity contribution >= 4 is 21.4 Å². The molecule has 2 atom stereocenters. The summed E-state index contributed by atoms with van der Waals surface area (Å²) in [5, 5.41) is -0.128. The van der Waals surface area contributed by atoms with Crippen LogP contribution in [0.5, 0.6) is 0 Å². The summed E-state index contributed by atoms with van der Waals surface area (Å²) in [6.45, 7) is 6.36. The highest BCUT2D eigenvalue weighted by atomic mass is 32.2. The number of ether oxygens (including phenoxy) is 1. The number of thiazole rings is 1. The smallest absolute Gasteiger partial charge is 0.217 e. The minimum absolute atomic E-state index is 0.128. The molecule has 23 heavy (non-hydrogen) atoms. The van der Waals surface area contributed by atoms with Crippen molar-refractivity contribution < 1.29 is 13.2 Å². The molecule has 4 rings (SSSR count). The molecule has 2 aliphatic heterocycles. The highest BCUT2D eigenvalue weighted by Crippen LogP contribution is 2.34. The highest BCUT2D eigenvalue weighted by Gasteiger charge is 2.44. The Bertz CT molecular complexity index is 671. The van der Waals surface area contributed by atoms with E-state index >= 15 is 0 Å². The van der Waals surface area contributed by atoms with Crippen LogP contribution in [-0.4, -0.2) is 66.7 Å². The van der Waals surface area contributed by atoms with Crippen molar-refractivity contribution in [1.29, 1.82) is 0 Å². The molecule has 1 saturated carbocycles. The van der Waals surface area contributed by atoms with E-state index in [2.05, 4.69) is 9.88 Å². The average Bonchev–Trinajstić information content (AvgIpc) is 3.25. The number of sulfonamides is 1. The van der Waals surface area contributed by atoms with Crippen molar-refractivity contribution in [2.45, 2.75) is 37.7 Å². The number of fused-ring (bicyclic) bond motifs is 1. The van der Waals surface area contributed by atoms with Crippen LogP contribution in [0, 0.1) is 12.8 Å². The minimum Gasteiger partial charge on any atom is -0.375 e. The van der Waals surface area contributed by atoms with Gasteiger partial charge < -0.3 is 4.74 Å². The lowest BCUT2D eigenvalue weighted by molar-refractivity contribution is 0.0519. The molecule has 1 aromatic heterocycles. The van der Waals surface area contributed by atoms with Gasteiger partial charge in [0.2, 0.25) is 10.0 Å². The average molecular weight is 358 g/mol. The van der Waals surface area contributed by atoms with Gasteiger partial charge in [0.15, 0.2) is 0 Å². The third-order valence-corrected chi connectivity index (χ3v) is 8.37. The molecule has 0 radical (unpaired) electrons. The lowest BCUT2D eigenvalue weighted by Crippen LogP contribution is -2.39. The van der Waals surface area contributed by atoms with Crippen molar-refractivity contribution in [3.05, 3.63) is 16.1 Å². The van der Waals surface area contributed by atoms with E-state index in [1.807, 2.05) is 12.4 Å². The first-order chi connectivity index (χ1) is 11.0. The molecule has 0 aromatic carbocycles. The first-order valence-corrected chi connectivity index (χ1v) is 10.6. The number of hydrogen-bond acceptors (Lipinski definition) is 6. The molecule has 3 aliphatic rings. The molecule has 0 bridgehead atoms. The van der Waals surface area contributed by atoms with Gasteiger partial charge in [-0.05, 0) is 19.8 Å². The van der Waals surface area contributed by atoms with Crippen LogP contribution in [-0.2, 0) is 21.3 Å². The Kier molecular flexibility index (Phi) is 4.21. The van der Waals surface area contributed by atoms with Crippen molar-refractivity contribution in [3.8, 4) is 0 Å². The number of hydrogen-bond donors (Lipinski definition) is 0. The Labute approximate surface area is 141 Å². The maximum Gasteiger partial charge on any atom is 0.217 e. The summed E-state index contributed by atoms with van der Waals surface area (Å²) in [7, 11) is -3.10. The first kappa shape index (κ1) is 16.0. The number of nitrogens with zero attached hydrogens (tertiary/aromatic N) is 3. The summed E-state index contributed by atoms with van der Waals surface area (Å²) >= 11 is 1.69. The fraction of sp³-hybridized carbons (Fsp3) is 0.800. The molecule has 6 nitrogen and oxygen atoms in total. The molecule has 2 saturated heterocycles. The fourth-order valence-electron chi connectivity index (χ4n) is 3.57. The molecule has 1 aliphatic carbocycles. The van der Waals surface area contributed by atoms with E-state index < -0.39 is 10.0 Å². The minimum atomic E-state index is -3.10. The summed E-state index contributed by atoms with van der Waals surface area (Å²) in [5.41, 5.74) is 2.99. The maximum absolute atomic E-state index is 12.5. The lowest BCUT2D eigenvalue weighted by atomic mass is 10.1. The van der Waals surface area contributed by atoms with Crippen LogP contribution < -0.4 is 0 Å². The van der Waals surface area contributed by atoms with E-state index in [1.54, 1.807) is 15.6 Å². The summed E-state index contributed by atoms with van der Waals surface area (Å²) in [5.74, 6) is 0.277. The zero-order valence-electron chi connectivity index (χ0n) is 13.3. The van der Waals surface area contributed by atoms with Crippen LogP contribution in [0.1, 0.15) is 23.4 Å². The Balaban J connectivity index is 1.43. The van der Waals surface area contributed by atoms with Gasteiger partial charge in [-0.15, -0.1) is 11.3 Å². The quantitative estimate of drug-likeness (QED) is 0.807. The molecule has 8 heteroatoms. The molecule has 3 heterocycles. The number of rotatable bonds is 4. The lowest BCUT2D eigenvalue weighted by Gasteiger charge is -2.23. The van der Waals surface area contributed by atoms with Crippen LogP contribution >= 0.6 is 11.3 Å². The fourth-order valence-corrected chi connectivity index (χ4v) is 6.27. The summed E-state index contributed by atoms with van der Waals surface area (Å²) in [6.07, 6.45) is 1.80. The molecular weight excluding hydrogens is 334 g/mol. The van der Waals surface area contributed by atoms with Crippen LogP contribution in [0.15, 0.2) is 5.51 Å². The standard InChI is InChI=1S/C15H23N3O3S2/c1-11-15(22-10-16-11)9-17-6-12-7-18(4-5-21-14(12)8-17)23(19,20)13-2-3-13/h10,12-14H,2-9H2,1H3/t12-,14-/m1/s1. The Morgan fingerprint density at radius 3 is 2.87 bits per heavy atom. The largest absolute Gasteiger partial charge is 0.375 e. The first-order valence-electron chi connectivity index (χ1n) is 8.26. The Morgan fingerprint density at radius 2 is 2.17 bits per heavy atom. The van der Waals surface area contributed by atoms with Crippen LogP contribution in [0.3, 0.4) is 0 Å². The molecule has 0 amide bonds. The van der Waals surface area contributed by atoms with Crippen molar-refractivity contribution in [3.63, 3.8) is 0 Å². The van der Waals surface area contributed by atoms with Gasteiger partial charge in [0, 0.05) is 43.5 Å². The molecular formula is C15H23N3O3S2. The second-order valence-electron chi connectivity index (χ2n) is 6.83. The zero-order valence-corrected chi connectivity index (χ0v) is 15.0. The van der Waals surface area contributed by atoms with Crippen molar-refractivity contribution in [1.82, 2.24) is 14.2 Å². The monoisotopic (exact) mass is 357 g/mol. The second kappa shape index (κ2) is 6.07. The van der Waals surface area contributed by atoms with Crippen LogP contribution in [0.2, 0.25) is 0 Å².